The number of hydrogen-bond acceptors (Lipinski definition) is 5. The summed E-state index contributed by atoms with van der Waals surface area (Å²) < 4.78 is 34.8. The third kappa shape index (κ3) is 7.74. The van der Waals surface area contributed by atoms with Gasteiger partial charge in [0.2, 0.25) is 0 Å². The summed E-state index contributed by atoms with van der Waals surface area (Å²) >= 11 is 1.67. The summed E-state index contributed by atoms with van der Waals surface area (Å²) in [4.78, 5) is 9.78. The van der Waals surface area contributed by atoms with Crippen molar-refractivity contribution in [2.24, 2.45) is 4.99 Å². The average Bonchev–Trinajstić information content (AvgIpc) is 3.12. The van der Waals surface area contributed by atoms with Crippen LogP contribution in [0.4, 0.5) is 8.78 Å². The molecule has 0 bridgehead atoms. The van der Waals surface area contributed by atoms with Gasteiger partial charge in [0.1, 0.15) is 5.01 Å². The molecule has 1 aromatic carbocycles. The number of aromatic nitrogens is 1. The first kappa shape index (κ1) is 24.3. The number of alkyl halides is 2. The predicted molar refractivity (Wildman–Crippen MR) is 118 cm³/mol. The third-order valence-electron chi connectivity index (χ3n) is 3.56. The van der Waals surface area contributed by atoms with Crippen molar-refractivity contribution in [2.75, 3.05) is 13.7 Å². The van der Waals surface area contributed by atoms with Crippen LogP contribution in [-0.2, 0) is 19.5 Å². The van der Waals surface area contributed by atoms with Crippen molar-refractivity contribution < 1.29 is 18.3 Å². The molecule has 156 valence electrons. The Labute approximate surface area is 184 Å². The number of halogens is 3. The number of nitrogens with one attached hydrogen (secondary N) is 2. The number of aryl methyl sites for hydroxylation is 1. The molecule has 0 fully saturated rings. The average molecular weight is 526 g/mol. The molecule has 0 radical (unpaired) electrons. The zero-order chi connectivity index (χ0) is 19.6. The second kappa shape index (κ2) is 12.7. The molecule has 1 heterocycles. The van der Waals surface area contributed by atoms with Gasteiger partial charge >= 0.3 is 6.61 Å². The lowest BCUT2D eigenvalue weighted by molar-refractivity contribution is -0.0514. The van der Waals surface area contributed by atoms with Crippen molar-refractivity contribution in [1.29, 1.82) is 0 Å². The Morgan fingerprint density at radius 1 is 1.21 bits per heavy atom. The first-order chi connectivity index (χ1) is 13.0. The van der Waals surface area contributed by atoms with Gasteiger partial charge in [0.15, 0.2) is 17.5 Å². The largest absolute Gasteiger partial charge is 0.490 e. The van der Waals surface area contributed by atoms with E-state index < -0.39 is 6.61 Å². The van der Waals surface area contributed by atoms with Gasteiger partial charge in [-0.25, -0.2) is 4.98 Å². The highest BCUT2D eigenvalue weighted by Gasteiger charge is 2.12. The maximum absolute atomic E-state index is 12.5. The Kier molecular flexibility index (Phi) is 11.0. The van der Waals surface area contributed by atoms with Crippen LogP contribution in [0.3, 0.4) is 0 Å². The van der Waals surface area contributed by atoms with Crippen molar-refractivity contribution in [1.82, 2.24) is 15.6 Å². The Morgan fingerprint density at radius 2 is 1.96 bits per heavy atom. The highest BCUT2D eigenvalue weighted by atomic mass is 127. The maximum atomic E-state index is 12.5. The fourth-order valence-electron chi connectivity index (χ4n) is 2.28. The van der Waals surface area contributed by atoms with Gasteiger partial charge in [-0.05, 0) is 31.0 Å². The van der Waals surface area contributed by atoms with E-state index in [1.807, 2.05) is 6.20 Å². The van der Waals surface area contributed by atoms with Gasteiger partial charge in [-0.15, -0.1) is 35.3 Å². The number of rotatable bonds is 9. The number of nitrogens with zero attached hydrogens (tertiary/aromatic N) is 2. The third-order valence-corrected chi connectivity index (χ3v) is 4.71. The number of hydrogen-bond donors (Lipinski definition) is 2. The van der Waals surface area contributed by atoms with Gasteiger partial charge in [-0.3, -0.25) is 4.99 Å². The van der Waals surface area contributed by atoms with E-state index >= 15 is 0 Å². The van der Waals surface area contributed by atoms with Gasteiger partial charge in [0.25, 0.3) is 0 Å². The van der Waals surface area contributed by atoms with Gasteiger partial charge in [-0.2, -0.15) is 8.78 Å². The molecule has 10 heteroatoms. The van der Waals surface area contributed by atoms with E-state index in [0.717, 1.165) is 17.0 Å². The van der Waals surface area contributed by atoms with E-state index in [1.54, 1.807) is 37.4 Å². The van der Waals surface area contributed by atoms with Crippen LogP contribution in [0, 0.1) is 0 Å². The molecule has 0 atom stereocenters. The van der Waals surface area contributed by atoms with Crippen LogP contribution in [-0.4, -0.2) is 31.2 Å². The fourth-order valence-corrected chi connectivity index (χ4v) is 3.09. The van der Waals surface area contributed by atoms with Crippen molar-refractivity contribution in [3.63, 3.8) is 0 Å². The minimum atomic E-state index is -2.89. The van der Waals surface area contributed by atoms with Crippen molar-refractivity contribution in [3.05, 3.63) is 39.8 Å². The lowest BCUT2D eigenvalue weighted by Gasteiger charge is -2.14. The Morgan fingerprint density at radius 3 is 2.57 bits per heavy atom. The van der Waals surface area contributed by atoms with Crippen LogP contribution in [0.1, 0.15) is 29.3 Å². The van der Waals surface area contributed by atoms with Crippen LogP contribution < -0.4 is 20.1 Å². The molecule has 0 saturated heterocycles. The standard InChI is InChI=1S/C18H24F2N4O2S.HI/c1-4-13-10-22-16(27-13)11-24-18(21-3)23-9-12-6-7-14(26-17(19)20)15(8-12)25-5-2;/h6-8,10,17H,4-5,9,11H2,1-3H3,(H2,21,23,24);1H. The SMILES string of the molecule is CCOc1cc(CNC(=NC)NCc2ncc(CC)s2)ccc1OC(F)F.I. The lowest BCUT2D eigenvalue weighted by Crippen LogP contribution is -2.36. The molecule has 0 spiro atoms. The zero-order valence-corrected chi connectivity index (χ0v) is 19.1. The Bertz CT molecular complexity index is 759. The Hall–Kier alpha value is -1.69. The summed E-state index contributed by atoms with van der Waals surface area (Å²) in [5.41, 5.74) is 0.852. The quantitative estimate of drug-likeness (QED) is 0.292. The summed E-state index contributed by atoms with van der Waals surface area (Å²) in [5.74, 6) is 0.928. The summed E-state index contributed by atoms with van der Waals surface area (Å²) in [6.07, 6.45) is 2.86. The van der Waals surface area contributed by atoms with Crippen molar-refractivity contribution >= 4 is 41.3 Å². The number of thiazole rings is 1. The molecule has 28 heavy (non-hydrogen) atoms. The molecular formula is C18H25F2IN4O2S. The zero-order valence-electron chi connectivity index (χ0n) is 16.0. The highest BCUT2D eigenvalue weighted by molar-refractivity contribution is 14.0. The molecule has 0 aliphatic rings. The molecular weight excluding hydrogens is 501 g/mol. The highest BCUT2D eigenvalue weighted by Crippen LogP contribution is 2.29. The first-order valence-corrected chi connectivity index (χ1v) is 9.46. The minimum Gasteiger partial charge on any atom is -0.490 e. The van der Waals surface area contributed by atoms with Crippen molar-refractivity contribution in [3.8, 4) is 11.5 Å². The van der Waals surface area contributed by atoms with Gasteiger partial charge in [-0.1, -0.05) is 13.0 Å². The number of guanidine groups is 1. The fraction of sp³-hybridized carbons (Fsp3) is 0.444. The molecule has 2 aromatic rings. The molecule has 2 rings (SSSR count). The topological polar surface area (TPSA) is 67.8 Å². The van der Waals surface area contributed by atoms with Crippen molar-refractivity contribution in [2.45, 2.75) is 40.0 Å². The summed E-state index contributed by atoms with van der Waals surface area (Å²) in [6.45, 7) is 2.37. The van der Waals surface area contributed by atoms with Gasteiger partial charge in [0, 0.05) is 24.7 Å². The second-order valence-electron chi connectivity index (χ2n) is 5.45. The minimum absolute atomic E-state index is 0. The van der Waals surface area contributed by atoms with E-state index in [1.165, 1.54) is 10.9 Å². The monoisotopic (exact) mass is 526 g/mol. The molecule has 0 aliphatic carbocycles. The number of ether oxygens (including phenoxy) is 2. The van der Waals surface area contributed by atoms with Gasteiger partial charge in [0.05, 0.1) is 13.2 Å². The smallest absolute Gasteiger partial charge is 0.387 e. The predicted octanol–water partition coefficient (Wildman–Crippen LogP) is 4.19. The van der Waals surface area contributed by atoms with Crippen LogP contribution >= 0.6 is 35.3 Å². The van der Waals surface area contributed by atoms with E-state index in [-0.39, 0.29) is 35.5 Å². The number of benzene rings is 1. The Balaban J connectivity index is 0.00000392. The van der Waals surface area contributed by atoms with E-state index in [9.17, 15) is 8.78 Å². The lowest BCUT2D eigenvalue weighted by atomic mass is 10.2. The van der Waals surface area contributed by atoms with E-state index in [4.69, 9.17) is 4.74 Å². The number of aliphatic imine (C=N–C) groups is 1. The molecule has 6 nitrogen and oxygen atoms in total. The second-order valence-corrected chi connectivity index (χ2v) is 6.65. The van der Waals surface area contributed by atoms with Crippen LogP contribution in [0.2, 0.25) is 0 Å². The van der Waals surface area contributed by atoms with Crippen LogP contribution in [0.15, 0.2) is 29.4 Å². The summed E-state index contributed by atoms with van der Waals surface area (Å²) in [7, 11) is 1.68. The van der Waals surface area contributed by atoms with E-state index in [2.05, 4.69) is 32.3 Å². The first-order valence-electron chi connectivity index (χ1n) is 8.64. The molecule has 0 aliphatic heterocycles. The molecule has 2 N–H and O–H groups in total. The van der Waals surface area contributed by atoms with Crippen LogP contribution in [0.25, 0.3) is 0 Å². The van der Waals surface area contributed by atoms with Gasteiger partial charge < -0.3 is 20.1 Å². The molecule has 1 aromatic heterocycles. The van der Waals surface area contributed by atoms with Crippen LogP contribution in [0.5, 0.6) is 11.5 Å². The normalized spacial score (nSPS) is 11.1. The summed E-state index contributed by atoms with van der Waals surface area (Å²) in [6, 6.07) is 4.86. The molecule has 0 unspecified atom stereocenters. The summed E-state index contributed by atoms with van der Waals surface area (Å²) in [5, 5.41) is 7.37. The molecule has 0 amide bonds. The maximum Gasteiger partial charge on any atom is 0.387 e. The van der Waals surface area contributed by atoms with E-state index in [0.29, 0.717) is 25.7 Å². The molecule has 0 saturated carbocycles.